The third kappa shape index (κ3) is 14.6. The SMILES string of the molecule is CC1=C(CC(C)C)C2=N/C1=C(/c1ccccc1)c1[nH]c(c(CC(C)C)c1C)C1=N/C(=C(/c3ccccc3)c3[nH]c(c(CC(C)C)c3C)-c3[nH]c(c(C)c3CC(C)C)/C(c3ccccc3)=C3\N=C(C(CC(C)C)=C3C)C3NC(=C(C)C3CC(C)C)/C(c3ccccc3)=C3/N=C2C(CC(C)C)=C3C)C(C)=C1CC(C)C. The fourth-order valence-corrected chi connectivity index (χ4v) is 18.3. The number of allylic oxidation sites excluding steroid dienone is 8. The van der Waals surface area contributed by atoms with Crippen LogP contribution in [0.3, 0.4) is 0 Å². The maximum atomic E-state index is 6.27. The van der Waals surface area contributed by atoms with Gasteiger partial charge in [-0.05, 0) is 260 Å². The summed E-state index contributed by atoms with van der Waals surface area (Å²) in [6.45, 7) is 57.0. The van der Waals surface area contributed by atoms with Gasteiger partial charge in [0.25, 0.3) is 0 Å². The van der Waals surface area contributed by atoms with Crippen molar-refractivity contribution in [3.8, 4) is 11.4 Å². The number of nitrogens with zero attached hydrogens (tertiary/aromatic N) is 4. The molecular weight excluding hydrogens is 1310 g/mol. The van der Waals surface area contributed by atoms with Crippen LogP contribution in [-0.2, 0) is 19.3 Å². The number of hydrogen-bond acceptors (Lipinski definition) is 5. The summed E-state index contributed by atoms with van der Waals surface area (Å²) in [4.78, 5) is 38.0. The van der Waals surface area contributed by atoms with E-state index in [1.807, 2.05) is 0 Å². The van der Waals surface area contributed by atoms with Crippen molar-refractivity contribution >= 4 is 45.1 Å². The third-order valence-electron chi connectivity index (χ3n) is 23.3. The van der Waals surface area contributed by atoms with E-state index in [1.165, 1.54) is 83.5 Å². The summed E-state index contributed by atoms with van der Waals surface area (Å²) in [5, 5.41) is 4.48. The van der Waals surface area contributed by atoms with Gasteiger partial charge in [-0.2, -0.15) is 0 Å². The van der Waals surface area contributed by atoms with Crippen LogP contribution in [0.15, 0.2) is 220 Å². The van der Waals surface area contributed by atoms with Crippen molar-refractivity contribution < 1.29 is 0 Å². The zero-order chi connectivity index (χ0) is 77.2. The second-order valence-electron chi connectivity index (χ2n) is 35.7. The molecule has 2 unspecified atom stereocenters. The summed E-state index contributed by atoms with van der Waals surface area (Å²) in [6, 6.07) is 44.6. The predicted octanol–water partition coefficient (Wildman–Crippen LogP) is 25.8. The number of aromatic nitrogens is 3. The van der Waals surface area contributed by atoms with Crippen molar-refractivity contribution in [1.29, 1.82) is 0 Å². The number of hydrogen-bond donors (Lipinski definition) is 4. The lowest BCUT2D eigenvalue weighted by atomic mass is 9.81. The monoisotopic (exact) mass is 1430 g/mol. The molecule has 0 saturated carbocycles. The van der Waals surface area contributed by atoms with Crippen molar-refractivity contribution in [3.63, 3.8) is 0 Å². The van der Waals surface area contributed by atoms with E-state index in [4.69, 9.17) is 20.0 Å². The third-order valence-corrected chi connectivity index (χ3v) is 23.3. The lowest BCUT2D eigenvalue weighted by Gasteiger charge is -2.26. The van der Waals surface area contributed by atoms with Crippen molar-refractivity contribution in [1.82, 2.24) is 20.3 Å². The van der Waals surface area contributed by atoms with Gasteiger partial charge >= 0.3 is 0 Å². The van der Waals surface area contributed by atoms with E-state index in [2.05, 4.69) is 308 Å². The molecule has 16 bridgehead atoms. The zero-order valence-corrected chi connectivity index (χ0v) is 69.8. The van der Waals surface area contributed by atoms with Crippen LogP contribution in [0, 0.1) is 74.0 Å². The molecule has 13 rings (SSSR count). The number of H-pyrrole nitrogens is 3. The quantitative estimate of drug-likeness (QED) is 0.0599. The largest absolute Gasteiger partial charge is 0.376 e. The average molecular weight is 1440 g/mol. The Kier molecular flexibility index (Phi) is 22.4. The molecule has 0 aliphatic carbocycles. The van der Waals surface area contributed by atoms with Crippen LogP contribution in [0.5, 0.6) is 0 Å². The highest BCUT2D eigenvalue weighted by molar-refractivity contribution is 6.56. The summed E-state index contributed by atoms with van der Waals surface area (Å²) in [7, 11) is 0. The van der Waals surface area contributed by atoms with E-state index in [0.717, 1.165) is 181 Å². The van der Waals surface area contributed by atoms with Crippen LogP contribution in [0.2, 0.25) is 0 Å². The normalized spacial score (nSPS) is 20.7. The first-order valence-corrected chi connectivity index (χ1v) is 41.0. The van der Waals surface area contributed by atoms with E-state index < -0.39 is 0 Å². The van der Waals surface area contributed by atoms with Crippen LogP contribution in [0.25, 0.3) is 33.7 Å². The molecule has 3 aromatic heterocycles. The lowest BCUT2D eigenvalue weighted by molar-refractivity contribution is 0.438. The smallest absolute Gasteiger partial charge is 0.0932 e. The number of benzene rings is 4. The Labute approximate surface area is 648 Å². The summed E-state index contributed by atoms with van der Waals surface area (Å²) >= 11 is 0. The molecule has 0 saturated heterocycles. The molecule has 6 aliphatic heterocycles. The van der Waals surface area contributed by atoms with Gasteiger partial charge in [-0.3, -0.25) is 0 Å². The summed E-state index contributed by atoms with van der Waals surface area (Å²) in [6.07, 6.45) is 7.11. The molecule has 0 fully saturated rings. The van der Waals surface area contributed by atoms with Gasteiger partial charge in [0.05, 0.1) is 85.8 Å². The Morgan fingerprint density at radius 2 is 0.583 bits per heavy atom. The van der Waals surface area contributed by atoms with Crippen molar-refractivity contribution in [2.45, 2.75) is 224 Å². The zero-order valence-electron chi connectivity index (χ0n) is 69.8. The van der Waals surface area contributed by atoms with Gasteiger partial charge in [0.1, 0.15) is 0 Å². The van der Waals surface area contributed by atoms with E-state index >= 15 is 0 Å². The second kappa shape index (κ2) is 31.4. The van der Waals surface area contributed by atoms with Gasteiger partial charge in [0.2, 0.25) is 0 Å². The molecule has 0 amide bonds. The van der Waals surface area contributed by atoms with Crippen molar-refractivity contribution in [2.75, 3.05) is 0 Å². The van der Waals surface area contributed by atoms with Crippen LogP contribution >= 0.6 is 0 Å². The first-order valence-electron chi connectivity index (χ1n) is 41.0. The molecule has 108 heavy (non-hydrogen) atoms. The van der Waals surface area contributed by atoms with Gasteiger partial charge < -0.3 is 20.3 Å². The minimum atomic E-state index is -0.121. The number of aromatic amines is 3. The maximum absolute atomic E-state index is 6.27. The second-order valence-corrected chi connectivity index (χ2v) is 35.7. The number of rotatable bonds is 20. The van der Waals surface area contributed by atoms with Crippen LogP contribution in [-0.4, -0.2) is 43.8 Å². The molecule has 0 radical (unpaired) electrons. The van der Waals surface area contributed by atoms with Gasteiger partial charge in [-0.1, -0.05) is 232 Å². The first kappa shape index (κ1) is 77.0. The molecule has 8 nitrogen and oxygen atoms in total. The summed E-state index contributed by atoms with van der Waals surface area (Å²) in [5.41, 5.74) is 44.4. The molecule has 8 heteroatoms. The predicted molar refractivity (Wildman–Crippen MR) is 462 cm³/mol. The Morgan fingerprint density at radius 1 is 0.296 bits per heavy atom. The Morgan fingerprint density at radius 3 is 0.935 bits per heavy atom. The van der Waals surface area contributed by atoms with Crippen LogP contribution in [0.1, 0.15) is 256 Å². The van der Waals surface area contributed by atoms with Gasteiger partial charge in [0.15, 0.2) is 0 Å². The molecule has 4 N–H and O–H groups in total. The topological polar surface area (TPSA) is 109 Å². The van der Waals surface area contributed by atoms with E-state index in [-0.39, 0.29) is 12.0 Å². The van der Waals surface area contributed by atoms with E-state index in [9.17, 15) is 0 Å². The highest BCUT2D eigenvalue weighted by Crippen LogP contribution is 2.52. The fourth-order valence-electron chi connectivity index (χ4n) is 18.3. The minimum absolute atomic E-state index is 0.121. The van der Waals surface area contributed by atoms with Crippen molar-refractivity contribution in [2.24, 2.45) is 73.2 Å². The molecule has 7 aromatic rings. The molecule has 9 heterocycles. The summed E-state index contributed by atoms with van der Waals surface area (Å²) in [5.74, 6) is 3.07. The Hall–Kier alpha value is -9.14. The van der Waals surface area contributed by atoms with Gasteiger partial charge in [0, 0.05) is 33.9 Å². The van der Waals surface area contributed by atoms with Crippen LogP contribution in [0.4, 0.5) is 0 Å². The first-order chi connectivity index (χ1) is 51.5. The Balaban J connectivity index is 1.22. The number of nitrogens with one attached hydrogen (secondary N) is 4. The highest BCUT2D eigenvalue weighted by atomic mass is 15.0. The van der Waals surface area contributed by atoms with E-state index in [1.54, 1.807) is 0 Å². The van der Waals surface area contributed by atoms with Gasteiger partial charge in [-0.15, -0.1) is 0 Å². The lowest BCUT2D eigenvalue weighted by Crippen LogP contribution is -2.38. The van der Waals surface area contributed by atoms with Gasteiger partial charge in [-0.25, -0.2) is 20.0 Å². The minimum Gasteiger partial charge on any atom is -0.376 e. The molecular formula is C100H122N8. The average Bonchev–Trinajstić information content (AvgIpc) is 1.56. The molecule has 0 spiro atoms. The maximum Gasteiger partial charge on any atom is 0.0932 e. The standard InChI is InChI=1S/C100H122N8/c1-53(2)45-73-61(17)85-81(69-37-29-25-30-38-69)86-63(19)75(47-55(5)6)95(103-86)96-77(49-57(9)10)65(21)89(105-96)83(71-41-33-27-34-42-71)90-67(23)79(51-59(13)14)99(107-90)100-80(52-60(15)16)68(24)92(108-100)84(72-43-35-28-36-44-72)91-66(22)78(50-58(11)12)98(106-91)97-76(48-56(7)8)64(20)88(104-97)82(70-39-31-26-32-40-70)87-62(18)74(46-54(3)4)94(102-87)93(73)101-85/h25-44,53-60,73,93,101,104,106-107H,45-52H2,1-24H3/b86-81+,87-82-,89-83-,92-84-. The number of fused-ring (bicyclic) bond motifs is 16. The van der Waals surface area contributed by atoms with E-state index in [0.29, 0.717) is 47.3 Å². The summed E-state index contributed by atoms with van der Waals surface area (Å²) < 4.78 is 0. The molecule has 562 valence electrons. The van der Waals surface area contributed by atoms with Crippen molar-refractivity contribution in [3.05, 3.63) is 278 Å². The highest BCUT2D eigenvalue weighted by Gasteiger charge is 2.44. The van der Waals surface area contributed by atoms with Crippen LogP contribution < -0.4 is 5.32 Å². The molecule has 4 aromatic carbocycles. The number of aliphatic imine (C=N–C) groups is 4. The molecule has 6 aliphatic rings. The fraction of sp³-hybridized carbons (Fsp3) is 0.420. The molecule has 2 atom stereocenters. The Bertz CT molecular complexity index is 5100.